The summed E-state index contributed by atoms with van der Waals surface area (Å²) in [5.74, 6) is -0.191. The molecule has 0 spiro atoms. The number of aromatic nitrogens is 2. The summed E-state index contributed by atoms with van der Waals surface area (Å²) in [6, 6.07) is 0. The first-order valence-corrected chi connectivity index (χ1v) is 7.02. The van der Waals surface area contributed by atoms with Gasteiger partial charge in [0.15, 0.2) is 0 Å². The van der Waals surface area contributed by atoms with Gasteiger partial charge in [-0.05, 0) is 6.42 Å². The molecule has 0 saturated carbocycles. The Bertz CT molecular complexity index is 545. The lowest BCUT2D eigenvalue weighted by Gasteiger charge is -2.35. The summed E-state index contributed by atoms with van der Waals surface area (Å²) >= 11 is 0. The van der Waals surface area contributed by atoms with Crippen LogP contribution in [0.4, 0.5) is 13.2 Å². The van der Waals surface area contributed by atoms with Crippen LogP contribution in [0.2, 0.25) is 0 Å². The number of hydrogen-bond acceptors (Lipinski definition) is 3. The van der Waals surface area contributed by atoms with Crippen LogP contribution in [0, 0.1) is 0 Å². The number of nitrogens with zero attached hydrogens (tertiary/aromatic N) is 4. The predicted molar refractivity (Wildman–Crippen MR) is 75.5 cm³/mol. The summed E-state index contributed by atoms with van der Waals surface area (Å²) in [6.45, 7) is 3.73. The van der Waals surface area contributed by atoms with Crippen LogP contribution < -0.4 is 0 Å². The van der Waals surface area contributed by atoms with Gasteiger partial charge < -0.3 is 4.90 Å². The molecular weight excluding hydrogens is 297 g/mol. The van der Waals surface area contributed by atoms with Crippen LogP contribution in [-0.2, 0) is 13.5 Å². The Kier molecular flexibility index (Phi) is 4.90. The second-order valence-electron chi connectivity index (χ2n) is 5.32. The first-order chi connectivity index (χ1) is 10.3. The van der Waals surface area contributed by atoms with Gasteiger partial charge in [-0.2, -0.15) is 18.3 Å². The standard InChI is InChI=1S/C14H19F3N4O/c1-3-4-11-9-18-19(2)12(11)13(22)21-7-5-20(6-8-21)10-14(15,16)17/h3,9H,1,4-8,10H2,2H3. The van der Waals surface area contributed by atoms with E-state index in [1.165, 1.54) is 9.58 Å². The van der Waals surface area contributed by atoms with E-state index in [-0.39, 0.29) is 32.1 Å². The molecule has 0 aliphatic carbocycles. The van der Waals surface area contributed by atoms with Crippen molar-refractivity contribution in [2.75, 3.05) is 32.7 Å². The molecule has 0 aromatic carbocycles. The molecule has 122 valence electrons. The van der Waals surface area contributed by atoms with E-state index in [9.17, 15) is 18.0 Å². The van der Waals surface area contributed by atoms with Gasteiger partial charge in [-0.15, -0.1) is 6.58 Å². The molecule has 0 bridgehead atoms. The molecule has 1 aliphatic rings. The Labute approximate surface area is 127 Å². The Morgan fingerprint density at radius 3 is 2.55 bits per heavy atom. The van der Waals surface area contributed by atoms with Crippen molar-refractivity contribution in [1.29, 1.82) is 0 Å². The largest absolute Gasteiger partial charge is 0.401 e. The maximum Gasteiger partial charge on any atom is 0.401 e. The zero-order chi connectivity index (χ0) is 16.3. The van der Waals surface area contributed by atoms with Crippen LogP contribution in [0.5, 0.6) is 0 Å². The molecule has 5 nitrogen and oxygen atoms in total. The van der Waals surface area contributed by atoms with E-state index in [1.807, 2.05) is 0 Å². The van der Waals surface area contributed by atoms with Gasteiger partial charge in [0.05, 0.1) is 12.7 Å². The van der Waals surface area contributed by atoms with Gasteiger partial charge >= 0.3 is 6.18 Å². The van der Waals surface area contributed by atoms with Gasteiger partial charge in [0.2, 0.25) is 0 Å². The lowest BCUT2D eigenvalue weighted by Crippen LogP contribution is -2.51. The summed E-state index contributed by atoms with van der Waals surface area (Å²) in [5.41, 5.74) is 1.25. The number of aryl methyl sites for hydroxylation is 1. The third-order valence-electron chi connectivity index (χ3n) is 3.64. The van der Waals surface area contributed by atoms with Gasteiger partial charge in [-0.25, -0.2) is 0 Å². The van der Waals surface area contributed by atoms with Crippen LogP contribution >= 0.6 is 0 Å². The van der Waals surface area contributed by atoms with Gasteiger partial charge in [-0.1, -0.05) is 6.08 Å². The highest BCUT2D eigenvalue weighted by Crippen LogP contribution is 2.19. The summed E-state index contributed by atoms with van der Waals surface area (Å²) < 4.78 is 38.6. The van der Waals surface area contributed by atoms with Crippen molar-refractivity contribution in [2.24, 2.45) is 7.05 Å². The quantitative estimate of drug-likeness (QED) is 0.790. The van der Waals surface area contributed by atoms with E-state index in [0.29, 0.717) is 12.1 Å². The number of hydrogen-bond donors (Lipinski definition) is 0. The summed E-state index contributed by atoms with van der Waals surface area (Å²) in [7, 11) is 1.68. The first kappa shape index (κ1) is 16.5. The maximum absolute atomic E-state index is 12.6. The number of allylic oxidation sites excluding steroid dienone is 1. The molecule has 1 saturated heterocycles. The molecule has 1 aromatic rings. The SMILES string of the molecule is C=CCc1cnn(C)c1C(=O)N1CCN(CC(F)(F)F)CC1. The molecule has 1 aliphatic heterocycles. The van der Waals surface area contributed by atoms with Crippen molar-refractivity contribution in [3.8, 4) is 0 Å². The van der Waals surface area contributed by atoms with Crippen molar-refractivity contribution in [3.05, 3.63) is 30.1 Å². The lowest BCUT2D eigenvalue weighted by atomic mass is 10.1. The summed E-state index contributed by atoms with van der Waals surface area (Å²) in [6.07, 6.45) is -0.363. The van der Waals surface area contributed by atoms with E-state index in [2.05, 4.69) is 11.7 Å². The maximum atomic E-state index is 12.6. The van der Waals surface area contributed by atoms with Gasteiger partial charge in [0.25, 0.3) is 5.91 Å². The predicted octanol–water partition coefficient (Wildman–Crippen LogP) is 1.47. The fourth-order valence-corrected chi connectivity index (χ4v) is 2.58. The Morgan fingerprint density at radius 1 is 1.36 bits per heavy atom. The number of piperazine rings is 1. The Hall–Kier alpha value is -1.83. The zero-order valence-electron chi connectivity index (χ0n) is 12.4. The van der Waals surface area contributed by atoms with Gasteiger partial charge in [0, 0.05) is 38.8 Å². The molecule has 22 heavy (non-hydrogen) atoms. The Balaban J connectivity index is 2.01. The highest BCUT2D eigenvalue weighted by atomic mass is 19.4. The van der Waals surface area contributed by atoms with Crippen LogP contribution in [0.3, 0.4) is 0 Å². The monoisotopic (exact) mass is 316 g/mol. The lowest BCUT2D eigenvalue weighted by molar-refractivity contribution is -0.148. The fraction of sp³-hybridized carbons (Fsp3) is 0.571. The Morgan fingerprint density at radius 2 is 2.00 bits per heavy atom. The summed E-state index contributed by atoms with van der Waals surface area (Å²) in [4.78, 5) is 15.5. The van der Waals surface area contributed by atoms with E-state index in [1.54, 1.807) is 24.2 Å². The zero-order valence-corrected chi connectivity index (χ0v) is 12.4. The number of carbonyl (C=O) groups is 1. The van der Waals surface area contributed by atoms with Crippen LogP contribution in [0.1, 0.15) is 16.1 Å². The van der Waals surface area contributed by atoms with Crippen molar-refractivity contribution < 1.29 is 18.0 Å². The van der Waals surface area contributed by atoms with E-state index < -0.39 is 12.7 Å². The minimum atomic E-state index is -4.20. The molecule has 2 rings (SSSR count). The molecule has 8 heteroatoms. The van der Waals surface area contributed by atoms with Crippen molar-refractivity contribution in [1.82, 2.24) is 19.6 Å². The van der Waals surface area contributed by atoms with E-state index in [0.717, 1.165) is 5.56 Å². The average Bonchev–Trinajstić information content (AvgIpc) is 2.79. The van der Waals surface area contributed by atoms with E-state index >= 15 is 0 Å². The molecule has 0 radical (unpaired) electrons. The molecule has 1 aromatic heterocycles. The third kappa shape index (κ3) is 3.88. The second kappa shape index (κ2) is 6.51. The molecule has 1 amide bonds. The number of alkyl halides is 3. The second-order valence-corrected chi connectivity index (χ2v) is 5.32. The van der Waals surface area contributed by atoms with Crippen molar-refractivity contribution in [3.63, 3.8) is 0 Å². The molecule has 0 atom stereocenters. The van der Waals surface area contributed by atoms with Crippen LogP contribution in [0.15, 0.2) is 18.9 Å². The van der Waals surface area contributed by atoms with Crippen molar-refractivity contribution in [2.45, 2.75) is 12.6 Å². The first-order valence-electron chi connectivity index (χ1n) is 7.02. The van der Waals surface area contributed by atoms with Crippen LogP contribution in [-0.4, -0.2) is 64.4 Å². The highest BCUT2D eigenvalue weighted by molar-refractivity contribution is 5.94. The van der Waals surface area contributed by atoms with Crippen LogP contribution in [0.25, 0.3) is 0 Å². The normalized spacial score (nSPS) is 16.8. The number of carbonyl (C=O) groups excluding carboxylic acids is 1. The molecule has 2 heterocycles. The highest BCUT2D eigenvalue weighted by Gasteiger charge is 2.33. The minimum Gasteiger partial charge on any atom is -0.335 e. The molecule has 1 fully saturated rings. The van der Waals surface area contributed by atoms with Gasteiger partial charge in [-0.3, -0.25) is 14.4 Å². The molecule has 0 N–H and O–H groups in total. The fourth-order valence-electron chi connectivity index (χ4n) is 2.58. The van der Waals surface area contributed by atoms with E-state index in [4.69, 9.17) is 0 Å². The summed E-state index contributed by atoms with van der Waals surface area (Å²) in [5, 5.41) is 4.08. The molecule has 0 unspecified atom stereocenters. The smallest absolute Gasteiger partial charge is 0.335 e. The van der Waals surface area contributed by atoms with Crippen molar-refractivity contribution >= 4 is 5.91 Å². The third-order valence-corrected chi connectivity index (χ3v) is 3.64. The topological polar surface area (TPSA) is 41.4 Å². The number of rotatable bonds is 4. The van der Waals surface area contributed by atoms with Gasteiger partial charge in [0.1, 0.15) is 5.69 Å². The molecular formula is C14H19F3N4O. The minimum absolute atomic E-state index is 0.191. The number of amides is 1. The number of halogens is 3. The average molecular weight is 316 g/mol.